The summed E-state index contributed by atoms with van der Waals surface area (Å²) in [4.78, 5) is 20.1. The first-order valence-corrected chi connectivity index (χ1v) is 6.35. The van der Waals surface area contributed by atoms with Crippen LogP contribution in [0.4, 0.5) is 0 Å². The number of aromatic nitrogens is 3. The molecule has 2 heterocycles. The number of hydrogen-bond acceptors (Lipinski definition) is 5. The second kappa shape index (κ2) is 4.85. The van der Waals surface area contributed by atoms with E-state index in [0.29, 0.717) is 17.4 Å². The van der Waals surface area contributed by atoms with Crippen molar-refractivity contribution in [2.45, 2.75) is 19.8 Å². The van der Waals surface area contributed by atoms with Crippen LogP contribution in [0.5, 0.6) is 0 Å². The van der Waals surface area contributed by atoms with Crippen LogP contribution in [0.15, 0.2) is 40.9 Å². The Balaban J connectivity index is 2.01. The third kappa shape index (κ3) is 2.18. The van der Waals surface area contributed by atoms with E-state index >= 15 is 0 Å². The standard InChI is InChI=1S/C15H13N3O2/c1-9(10(2)19)15-17-14(18-20-15)13-8-7-11-5-3-4-6-12(11)16-13/h3-9H,1-2H3. The molecule has 0 aliphatic carbocycles. The van der Waals surface area contributed by atoms with Gasteiger partial charge < -0.3 is 4.52 Å². The molecule has 0 bridgehead atoms. The molecule has 0 aliphatic rings. The number of para-hydroxylation sites is 1. The van der Waals surface area contributed by atoms with E-state index in [9.17, 15) is 4.79 Å². The van der Waals surface area contributed by atoms with Crippen LogP contribution in [-0.2, 0) is 4.79 Å². The highest BCUT2D eigenvalue weighted by atomic mass is 16.5. The van der Waals surface area contributed by atoms with Crippen molar-refractivity contribution in [3.8, 4) is 11.5 Å². The van der Waals surface area contributed by atoms with Gasteiger partial charge in [-0.25, -0.2) is 4.98 Å². The summed E-state index contributed by atoms with van der Waals surface area (Å²) in [7, 11) is 0. The molecule has 0 fully saturated rings. The van der Waals surface area contributed by atoms with Crippen LogP contribution in [0.3, 0.4) is 0 Å². The molecule has 3 aromatic rings. The molecule has 0 saturated heterocycles. The van der Waals surface area contributed by atoms with Crippen LogP contribution in [0.2, 0.25) is 0 Å². The number of pyridine rings is 1. The van der Waals surface area contributed by atoms with Gasteiger partial charge in [0.15, 0.2) is 0 Å². The summed E-state index contributed by atoms with van der Waals surface area (Å²) in [5.41, 5.74) is 1.51. The molecule has 1 atom stereocenters. The average Bonchev–Trinajstić information content (AvgIpc) is 2.95. The molecule has 0 aliphatic heterocycles. The zero-order valence-corrected chi connectivity index (χ0v) is 11.2. The van der Waals surface area contributed by atoms with Crippen LogP contribution < -0.4 is 0 Å². The largest absolute Gasteiger partial charge is 0.338 e. The fourth-order valence-corrected chi connectivity index (χ4v) is 1.88. The summed E-state index contributed by atoms with van der Waals surface area (Å²) in [6, 6.07) is 11.6. The van der Waals surface area contributed by atoms with Gasteiger partial charge in [0.2, 0.25) is 11.7 Å². The molecule has 3 rings (SSSR count). The van der Waals surface area contributed by atoms with Gasteiger partial charge >= 0.3 is 0 Å². The Bertz CT molecular complexity index is 779. The van der Waals surface area contributed by atoms with E-state index < -0.39 is 5.92 Å². The number of Topliss-reactive ketones (excluding diaryl/α,β-unsaturated/α-hetero) is 1. The van der Waals surface area contributed by atoms with Crippen molar-refractivity contribution in [3.05, 3.63) is 42.3 Å². The van der Waals surface area contributed by atoms with Crippen molar-refractivity contribution in [1.82, 2.24) is 15.1 Å². The van der Waals surface area contributed by atoms with Gasteiger partial charge in [0.05, 0.1) is 11.4 Å². The third-order valence-corrected chi connectivity index (χ3v) is 3.25. The quantitative estimate of drug-likeness (QED) is 0.729. The fourth-order valence-electron chi connectivity index (χ4n) is 1.88. The van der Waals surface area contributed by atoms with Crippen LogP contribution in [0, 0.1) is 0 Å². The Kier molecular flexibility index (Phi) is 3.02. The number of rotatable bonds is 3. The van der Waals surface area contributed by atoms with E-state index in [-0.39, 0.29) is 5.78 Å². The molecular formula is C15H13N3O2. The number of ketones is 1. The predicted octanol–water partition coefficient (Wildman–Crippen LogP) is 2.98. The van der Waals surface area contributed by atoms with Gasteiger partial charge in [0, 0.05) is 5.39 Å². The highest BCUT2D eigenvalue weighted by Gasteiger charge is 2.19. The summed E-state index contributed by atoms with van der Waals surface area (Å²) in [6.07, 6.45) is 0. The first kappa shape index (κ1) is 12.5. The SMILES string of the molecule is CC(=O)C(C)c1nc(-c2ccc3ccccc3n2)no1. The normalized spacial score (nSPS) is 12.5. The van der Waals surface area contributed by atoms with Gasteiger partial charge in [-0.3, -0.25) is 4.79 Å². The molecule has 2 aromatic heterocycles. The lowest BCUT2D eigenvalue weighted by molar-refractivity contribution is -0.118. The second-order valence-electron chi connectivity index (χ2n) is 4.68. The molecule has 0 radical (unpaired) electrons. The molecule has 0 amide bonds. The Morgan fingerprint density at radius 3 is 2.75 bits per heavy atom. The maximum Gasteiger partial charge on any atom is 0.237 e. The molecule has 5 nitrogen and oxygen atoms in total. The number of carbonyl (C=O) groups is 1. The van der Waals surface area contributed by atoms with Crippen molar-refractivity contribution >= 4 is 16.7 Å². The topological polar surface area (TPSA) is 68.9 Å². The number of carbonyl (C=O) groups excluding carboxylic acids is 1. The Morgan fingerprint density at radius 2 is 1.95 bits per heavy atom. The summed E-state index contributed by atoms with van der Waals surface area (Å²) in [5, 5.41) is 4.95. The average molecular weight is 267 g/mol. The predicted molar refractivity (Wildman–Crippen MR) is 74.1 cm³/mol. The summed E-state index contributed by atoms with van der Waals surface area (Å²) < 4.78 is 5.13. The monoisotopic (exact) mass is 267 g/mol. The Labute approximate surface area is 115 Å². The summed E-state index contributed by atoms with van der Waals surface area (Å²) >= 11 is 0. The minimum Gasteiger partial charge on any atom is -0.338 e. The highest BCUT2D eigenvalue weighted by Crippen LogP contribution is 2.21. The molecule has 5 heteroatoms. The molecule has 0 saturated carbocycles. The van der Waals surface area contributed by atoms with Crippen LogP contribution >= 0.6 is 0 Å². The van der Waals surface area contributed by atoms with Crippen molar-refractivity contribution in [2.24, 2.45) is 0 Å². The lowest BCUT2D eigenvalue weighted by Gasteiger charge is -1.99. The molecule has 100 valence electrons. The minimum atomic E-state index is -0.392. The molecule has 1 aromatic carbocycles. The van der Waals surface area contributed by atoms with Crippen LogP contribution in [0.25, 0.3) is 22.4 Å². The first-order chi connectivity index (χ1) is 9.65. The van der Waals surface area contributed by atoms with E-state index in [4.69, 9.17) is 4.52 Å². The molecule has 20 heavy (non-hydrogen) atoms. The maximum atomic E-state index is 11.3. The Morgan fingerprint density at radius 1 is 1.15 bits per heavy atom. The lowest BCUT2D eigenvalue weighted by atomic mass is 10.1. The zero-order chi connectivity index (χ0) is 14.1. The molecular weight excluding hydrogens is 254 g/mol. The van der Waals surface area contributed by atoms with Gasteiger partial charge in [0.25, 0.3) is 0 Å². The second-order valence-corrected chi connectivity index (χ2v) is 4.68. The van der Waals surface area contributed by atoms with Crippen molar-refractivity contribution in [1.29, 1.82) is 0 Å². The zero-order valence-electron chi connectivity index (χ0n) is 11.2. The first-order valence-electron chi connectivity index (χ1n) is 6.35. The number of benzene rings is 1. The van der Waals surface area contributed by atoms with E-state index in [0.717, 1.165) is 10.9 Å². The Hall–Kier alpha value is -2.56. The van der Waals surface area contributed by atoms with E-state index in [2.05, 4.69) is 15.1 Å². The lowest BCUT2D eigenvalue weighted by Crippen LogP contribution is -2.04. The smallest absolute Gasteiger partial charge is 0.237 e. The highest BCUT2D eigenvalue weighted by molar-refractivity contribution is 5.82. The maximum absolute atomic E-state index is 11.3. The van der Waals surface area contributed by atoms with E-state index in [1.54, 1.807) is 6.92 Å². The van der Waals surface area contributed by atoms with Crippen LogP contribution in [0.1, 0.15) is 25.7 Å². The third-order valence-electron chi connectivity index (χ3n) is 3.25. The molecule has 1 unspecified atom stereocenters. The minimum absolute atomic E-state index is 0.00771. The van der Waals surface area contributed by atoms with Gasteiger partial charge in [-0.2, -0.15) is 4.98 Å². The summed E-state index contributed by atoms with van der Waals surface area (Å²) in [5.74, 6) is 0.324. The van der Waals surface area contributed by atoms with Crippen molar-refractivity contribution in [3.63, 3.8) is 0 Å². The summed E-state index contributed by atoms with van der Waals surface area (Å²) in [6.45, 7) is 3.25. The van der Waals surface area contributed by atoms with Crippen molar-refractivity contribution < 1.29 is 9.32 Å². The fraction of sp³-hybridized carbons (Fsp3) is 0.200. The van der Waals surface area contributed by atoms with Crippen LogP contribution in [-0.4, -0.2) is 20.9 Å². The molecule has 0 spiro atoms. The van der Waals surface area contributed by atoms with E-state index in [1.807, 2.05) is 36.4 Å². The van der Waals surface area contributed by atoms with Gasteiger partial charge in [-0.05, 0) is 26.0 Å². The van der Waals surface area contributed by atoms with Gasteiger partial charge in [-0.1, -0.05) is 29.4 Å². The van der Waals surface area contributed by atoms with E-state index in [1.165, 1.54) is 6.92 Å². The number of nitrogens with zero attached hydrogens (tertiary/aromatic N) is 3. The molecule has 0 N–H and O–H groups in total. The number of fused-ring (bicyclic) bond motifs is 1. The number of hydrogen-bond donors (Lipinski definition) is 0. The van der Waals surface area contributed by atoms with Crippen molar-refractivity contribution in [2.75, 3.05) is 0 Å². The van der Waals surface area contributed by atoms with Gasteiger partial charge in [-0.15, -0.1) is 0 Å². The van der Waals surface area contributed by atoms with Gasteiger partial charge in [0.1, 0.15) is 11.5 Å².